The molecule has 1 aliphatic rings. The van der Waals surface area contributed by atoms with Gasteiger partial charge in [-0.3, -0.25) is 4.90 Å². The summed E-state index contributed by atoms with van der Waals surface area (Å²) in [7, 11) is 0. The average molecular weight is 476 g/mol. The van der Waals surface area contributed by atoms with Crippen molar-refractivity contribution in [3.8, 4) is 0 Å². The number of ether oxygens (including phenoxy) is 1. The van der Waals surface area contributed by atoms with Gasteiger partial charge in [-0.05, 0) is 42.3 Å². The Hall–Kier alpha value is -2.35. The number of hydrogen-bond acceptors (Lipinski definition) is 3. The van der Waals surface area contributed by atoms with Gasteiger partial charge in [0.2, 0.25) is 0 Å². The van der Waals surface area contributed by atoms with Crippen LogP contribution in [0.5, 0.6) is 0 Å². The Morgan fingerprint density at radius 2 is 1.64 bits per heavy atom. The van der Waals surface area contributed by atoms with Crippen molar-refractivity contribution < 1.29 is 22.3 Å². The van der Waals surface area contributed by atoms with Gasteiger partial charge < -0.3 is 4.74 Å². The van der Waals surface area contributed by atoms with Gasteiger partial charge in [0.25, 0.3) is 0 Å². The van der Waals surface area contributed by atoms with Gasteiger partial charge in [-0.15, -0.1) is 11.8 Å². The van der Waals surface area contributed by atoms with Gasteiger partial charge in [0.05, 0.1) is 23.5 Å². The second kappa shape index (κ2) is 10.3. The molecule has 33 heavy (non-hydrogen) atoms. The molecule has 1 saturated heterocycles. The zero-order valence-electron chi connectivity index (χ0n) is 18.1. The lowest BCUT2D eigenvalue weighted by Crippen LogP contribution is -2.45. The van der Waals surface area contributed by atoms with E-state index in [1.54, 1.807) is 18.2 Å². The first-order valence-electron chi connectivity index (χ1n) is 10.8. The molecule has 1 heterocycles. The van der Waals surface area contributed by atoms with E-state index in [1.807, 2.05) is 18.2 Å². The Morgan fingerprint density at radius 3 is 2.36 bits per heavy atom. The number of alkyl halides is 3. The maximum atomic E-state index is 14.1. The molecule has 4 rings (SSSR count). The lowest BCUT2D eigenvalue weighted by atomic mass is 10.0. The van der Waals surface area contributed by atoms with Gasteiger partial charge in [-0.25, -0.2) is 4.39 Å². The van der Waals surface area contributed by atoms with Gasteiger partial charge in [0.15, 0.2) is 0 Å². The first-order chi connectivity index (χ1) is 15.8. The summed E-state index contributed by atoms with van der Waals surface area (Å²) in [6.07, 6.45) is -4.88. The molecule has 0 N–H and O–H groups in total. The van der Waals surface area contributed by atoms with Crippen LogP contribution in [0.3, 0.4) is 0 Å². The minimum absolute atomic E-state index is 0.107. The standard InChI is InChI=1S/C26H25F4NOS/c1-18(19-8-3-2-4-9-19)31-14-15-32-23(17-31)25(20-10-7-11-21(27)16-20)33-24-13-6-5-12-22(24)26(28,29)30/h2-13,16,18,23,25H,14-15,17H2,1H3/t18?,23-,25-/m0/s1. The van der Waals surface area contributed by atoms with Crippen molar-refractivity contribution in [3.63, 3.8) is 0 Å². The highest BCUT2D eigenvalue weighted by atomic mass is 32.2. The molecule has 0 amide bonds. The highest BCUT2D eigenvalue weighted by molar-refractivity contribution is 7.99. The van der Waals surface area contributed by atoms with Crippen LogP contribution in [0.1, 0.15) is 34.9 Å². The number of benzene rings is 3. The van der Waals surface area contributed by atoms with E-state index in [2.05, 4.69) is 24.0 Å². The zero-order chi connectivity index (χ0) is 23.4. The molecule has 2 nitrogen and oxygen atoms in total. The molecular weight excluding hydrogens is 450 g/mol. The number of thioether (sulfide) groups is 1. The zero-order valence-corrected chi connectivity index (χ0v) is 19.0. The summed E-state index contributed by atoms with van der Waals surface area (Å²) < 4.78 is 61.1. The Bertz CT molecular complexity index is 1060. The molecule has 0 aromatic heterocycles. The average Bonchev–Trinajstić information content (AvgIpc) is 2.82. The van der Waals surface area contributed by atoms with Crippen LogP contribution in [-0.2, 0) is 10.9 Å². The fourth-order valence-corrected chi connectivity index (χ4v) is 5.50. The Balaban J connectivity index is 1.65. The molecule has 3 aromatic carbocycles. The summed E-state index contributed by atoms with van der Waals surface area (Å²) in [4.78, 5) is 2.38. The van der Waals surface area contributed by atoms with Gasteiger partial charge in [-0.1, -0.05) is 54.6 Å². The van der Waals surface area contributed by atoms with E-state index in [0.29, 0.717) is 25.3 Å². The van der Waals surface area contributed by atoms with Gasteiger partial charge >= 0.3 is 6.18 Å². The summed E-state index contributed by atoms with van der Waals surface area (Å²) in [6.45, 7) is 3.81. The number of morpholine rings is 1. The van der Waals surface area contributed by atoms with E-state index >= 15 is 0 Å². The van der Waals surface area contributed by atoms with Gasteiger partial charge in [0, 0.05) is 24.0 Å². The summed E-state index contributed by atoms with van der Waals surface area (Å²) >= 11 is 1.08. The van der Waals surface area contributed by atoms with Crippen LogP contribution in [0.4, 0.5) is 17.6 Å². The van der Waals surface area contributed by atoms with Crippen molar-refractivity contribution in [1.29, 1.82) is 0 Å². The number of nitrogens with zero attached hydrogens (tertiary/aromatic N) is 1. The summed E-state index contributed by atoms with van der Waals surface area (Å²) in [6, 6.07) is 21.8. The van der Waals surface area contributed by atoms with Crippen molar-refractivity contribution in [1.82, 2.24) is 4.90 Å². The molecule has 1 unspecified atom stereocenters. The molecule has 1 aliphatic heterocycles. The third-order valence-electron chi connectivity index (χ3n) is 5.92. The largest absolute Gasteiger partial charge is 0.417 e. The lowest BCUT2D eigenvalue weighted by Gasteiger charge is -2.40. The highest BCUT2D eigenvalue weighted by Gasteiger charge is 2.37. The van der Waals surface area contributed by atoms with E-state index in [9.17, 15) is 17.6 Å². The van der Waals surface area contributed by atoms with Crippen LogP contribution in [0, 0.1) is 5.82 Å². The SMILES string of the molecule is CC(c1ccccc1)N1CCO[C@H]([C@@H](Sc2ccccc2C(F)(F)F)c2cccc(F)c2)C1. The predicted molar refractivity (Wildman–Crippen MR) is 123 cm³/mol. The van der Waals surface area contributed by atoms with E-state index in [0.717, 1.165) is 23.4 Å². The van der Waals surface area contributed by atoms with Gasteiger partial charge in [-0.2, -0.15) is 13.2 Å². The minimum atomic E-state index is -4.47. The molecule has 7 heteroatoms. The molecule has 174 valence electrons. The monoisotopic (exact) mass is 475 g/mol. The van der Waals surface area contributed by atoms with Crippen molar-refractivity contribution in [2.24, 2.45) is 0 Å². The smallest absolute Gasteiger partial charge is 0.374 e. The maximum Gasteiger partial charge on any atom is 0.417 e. The summed E-state index contributed by atoms with van der Waals surface area (Å²) in [5.41, 5.74) is 1.08. The third-order valence-corrected chi connectivity index (χ3v) is 7.36. The molecule has 3 aromatic rings. The Labute approximate surface area is 195 Å². The lowest BCUT2D eigenvalue weighted by molar-refractivity contribution is -0.139. The van der Waals surface area contributed by atoms with E-state index < -0.39 is 28.9 Å². The maximum absolute atomic E-state index is 14.1. The molecule has 3 atom stereocenters. The molecule has 0 bridgehead atoms. The van der Waals surface area contributed by atoms with E-state index in [1.165, 1.54) is 24.3 Å². The summed E-state index contributed by atoms with van der Waals surface area (Å²) in [5, 5.41) is -0.505. The molecule has 1 fully saturated rings. The van der Waals surface area contributed by atoms with Crippen molar-refractivity contribution >= 4 is 11.8 Å². The van der Waals surface area contributed by atoms with Crippen molar-refractivity contribution in [2.45, 2.75) is 35.4 Å². The summed E-state index contributed by atoms with van der Waals surface area (Å²) in [5.74, 6) is -0.424. The van der Waals surface area contributed by atoms with E-state index in [4.69, 9.17) is 4.74 Å². The van der Waals surface area contributed by atoms with Crippen LogP contribution in [0.15, 0.2) is 83.8 Å². The molecule has 0 spiro atoms. The molecule has 0 saturated carbocycles. The van der Waals surface area contributed by atoms with E-state index in [-0.39, 0.29) is 10.9 Å². The van der Waals surface area contributed by atoms with Crippen LogP contribution in [0.25, 0.3) is 0 Å². The Morgan fingerprint density at radius 1 is 0.939 bits per heavy atom. The first kappa shape index (κ1) is 23.8. The topological polar surface area (TPSA) is 12.5 Å². The van der Waals surface area contributed by atoms with Crippen molar-refractivity contribution in [2.75, 3.05) is 19.7 Å². The van der Waals surface area contributed by atoms with Crippen LogP contribution >= 0.6 is 11.8 Å². The fourth-order valence-electron chi connectivity index (χ4n) is 4.16. The van der Waals surface area contributed by atoms with Crippen LogP contribution in [0.2, 0.25) is 0 Å². The molecule has 0 aliphatic carbocycles. The second-order valence-corrected chi connectivity index (χ2v) is 9.26. The number of halogens is 4. The fraction of sp³-hybridized carbons (Fsp3) is 0.308. The van der Waals surface area contributed by atoms with Crippen LogP contribution in [-0.4, -0.2) is 30.7 Å². The number of rotatable bonds is 6. The first-order valence-corrected chi connectivity index (χ1v) is 11.7. The third kappa shape index (κ3) is 5.78. The minimum Gasteiger partial charge on any atom is -0.374 e. The van der Waals surface area contributed by atoms with Crippen LogP contribution < -0.4 is 0 Å². The second-order valence-electron chi connectivity index (χ2n) is 8.08. The number of hydrogen-bond donors (Lipinski definition) is 0. The highest BCUT2D eigenvalue weighted by Crippen LogP contribution is 2.45. The quantitative estimate of drug-likeness (QED) is 0.278. The van der Waals surface area contributed by atoms with Gasteiger partial charge in [0.1, 0.15) is 5.82 Å². The Kier molecular flexibility index (Phi) is 7.41. The molecular formula is C26H25F4NOS. The molecule has 0 radical (unpaired) electrons. The predicted octanol–water partition coefficient (Wildman–Crippen LogP) is 7.14. The van der Waals surface area contributed by atoms with Crippen molar-refractivity contribution in [3.05, 3.63) is 101 Å². The normalized spacial score (nSPS) is 19.2.